The molecule has 3 rings (SSSR count). The highest BCUT2D eigenvalue weighted by atomic mass is 79.9. The Morgan fingerprint density at radius 3 is 2.08 bits per heavy atom. The average molecular weight is 419 g/mol. The molecule has 0 aliphatic carbocycles. The first-order valence-corrected chi connectivity index (χ1v) is 8.80. The first kappa shape index (κ1) is 19.5. The van der Waals surface area contributed by atoms with Gasteiger partial charge in [0.2, 0.25) is 0 Å². The zero-order valence-corrected chi connectivity index (χ0v) is 16.2. The lowest BCUT2D eigenvalue weighted by molar-refractivity contribution is 0.302. The number of hydrogen-bond donors (Lipinski definition) is 1. The van der Waals surface area contributed by atoms with Gasteiger partial charge in [-0.1, -0.05) is 76.6 Å². The van der Waals surface area contributed by atoms with Gasteiger partial charge in [0.15, 0.2) is 0 Å². The van der Waals surface area contributed by atoms with Crippen LogP contribution in [0.1, 0.15) is 16.7 Å². The van der Waals surface area contributed by atoms with E-state index in [9.17, 15) is 0 Å². The summed E-state index contributed by atoms with van der Waals surface area (Å²) in [6.45, 7) is 2.18. The second-order valence-corrected chi connectivity index (χ2v) is 6.53. The quantitative estimate of drug-likeness (QED) is 0.528. The molecule has 0 unspecified atom stereocenters. The van der Waals surface area contributed by atoms with Gasteiger partial charge in [0.1, 0.15) is 12.4 Å². The van der Waals surface area contributed by atoms with Crippen LogP contribution < -0.4 is 10.1 Å². The molecule has 0 heterocycles. The molecule has 25 heavy (non-hydrogen) atoms. The molecule has 1 N–H and O–H groups in total. The lowest BCUT2D eigenvalue weighted by Gasteiger charge is -2.13. The van der Waals surface area contributed by atoms with E-state index in [1.165, 1.54) is 11.1 Å². The molecular weight excluding hydrogens is 398 g/mol. The third kappa shape index (κ3) is 6.20. The molecule has 0 spiro atoms. The van der Waals surface area contributed by atoms with Gasteiger partial charge in [-0.3, -0.25) is 0 Å². The SMILES string of the molecule is Brc1ccc(OCc2ccccc2)c(CNCc2ccccc2)c1.Cl. The summed E-state index contributed by atoms with van der Waals surface area (Å²) in [7, 11) is 0. The van der Waals surface area contributed by atoms with Crippen LogP contribution >= 0.6 is 28.3 Å². The number of hydrogen-bond acceptors (Lipinski definition) is 2. The lowest BCUT2D eigenvalue weighted by Crippen LogP contribution is -2.13. The third-order valence-electron chi connectivity index (χ3n) is 3.75. The molecule has 0 bridgehead atoms. The molecule has 0 radical (unpaired) electrons. The number of rotatable bonds is 7. The molecule has 0 amide bonds. The molecule has 2 nitrogen and oxygen atoms in total. The first-order chi connectivity index (χ1) is 11.8. The van der Waals surface area contributed by atoms with Crippen molar-refractivity contribution in [2.45, 2.75) is 19.7 Å². The number of ether oxygens (including phenoxy) is 1. The van der Waals surface area contributed by atoms with Gasteiger partial charge < -0.3 is 10.1 Å². The van der Waals surface area contributed by atoms with Gasteiger partial charge >= 0.3 is 0 Å². The zero-order chi connectivity index (χ0) is 16.6. The predicted octanol–water partition coefficient (Wildman–Crippen LogP) is 5.74. The second kappa shape index (κ2) is 10.2. The maximum atomic E-state index is 6.02. The molecule has 0 fully saturated rings. The van der Waals surface area contributed by atoms with Crippen LogP contribution in [0.4, 0.5) is 0 Å². The summed E-state index contributed by atoms with van der Waals surface area (Å²) in [5, 5.41) is 3.48. The molecular formula is C21H21BrClNO. The van der Waals surface area contributed by atoms with Crippen LogP contribution in [0.2, 0.25) is 0 Å². The van der Waals surface area contributed by atoms with Gasteiger partial charge in [-0.05, 0) is 29.3 Å². The van der Waals surface area contributed by atoms with E-state index in [4.69, 9.17) is 4.74 Å². The normalized spacial score (nSPS) is 10.1. The number of benzene rings is 3. The Labute approximate surface area is 163 Å². The van der Waals surface area contributed by atoms with Gasteiger partial charge in [-0.15, -0.1) is 12.4 Å². The third-order valence-corrected chi connectivity index (χ3v) is 4.24. The molecule has 130 valence electrons. The van der Waals surface area contributed by atoms with E-state index in [2.05, 4.69) is 63.7 Å². The molecule has 3 aromatic carbocycles. The summed E-state index contributed by atoms with van der Waals surface area (Å²) in [5.74, 6) is 0.919. The summed E-state index contributed by atoms with van der Waals surface area (Å²) in [6, 6.07) is 26.8. The van der Waals surface area contributed by atoms with Crippen molar-refractivity contribution in [3.05, 3.63) is 100 Å². The Hall–Kier alpha value is -1.81. The largest absolute Gasteiger partial charge is 0.489 e. The molecule has 0 saturated heterocycles. The summed E-state index contributed by atoms with van der Waals surface area (Å²) in [6.07, 6.45) is 0. The lowest BCUT2D eigenvalue weighted by atomic mass is 10.2. The van der Waals surface area contributed by atoms with Crippen LogP contribution in [0.25, 0.3) is 0 Å². The van der Waals surface area contributed by atoms with Gasteiger partial charge in [0.25, 0.3) is 0 Å². The van der Waals surface area contributed by atoms with Crippen LogP contribution in [0, 0.1) is 0 Å². The molecule has 0 aliphatic rings. The van der Waals surface area contributed by atoms with Crippen molar-refractivity contribution >= 4 is 28.3 Å². The summed E-state index contributed by atoms with van der Waals surface area (Å²) in [5.41, 5.74) is 3.60. The summed E-state index contributed by atoms with van der Waals surface area (Å²) >= 11 is 3.55. The molecule has 0 saturated carbocycles. The average Bonchev–Trinajstić information content (AvgIpc) is 2.63. The smallest absolute Gasteiger partial charge is 0.124 e. The van der Waals surface area contributed by atoms with E-state index < -0.39 is 0 Å². The predicted molar refractivity (Wildman–Crippen MR) is 109 cm³/mol. The zero-order valence-electron chi connectivity index (χ0n) is 13.8. The van der Waals surface area contributed by atoms with Gasteiger partial charge in [0.05, 0.1) is 0 Å². The van der Waals surface area contributed by atoms with Crippen LogP contribution in [0.3, 0.4) is 0 Å². The van der Waals surface area contributed by atoms with Crippen molar-refractivity contribution in [2.75, 3.05) is 0 Å². The fraction of sp³-hybridized carbons (Fsp3) is 0.143. The van der Waals surface area contributed by atoms with E-state index in [0.717, 1.165) is 28.9 Å². The van der Waals surface area contributed by atoms with E-state index in [0.29, 0.717) is 6.61 Å². The highest BCUT2D eigenvalue weighted by Gasteiger charge is 2.05. The van der Waals surface area contributed by atoms with Crippen molar-refractivity contribution in [3.8, 4) is 5.75 Å². The van der Waals surface area contributed by atoms with Crippen molar-refractivity contribution < 1.29 is 4.74 Å². The van der Waals surface area contributed by atoms with Crippen molar-refractivity contribution in [1.82, 2.24) is 5.32 Å². The standard InChI is InChI=1S/C21H20BrNO.ClH/c22-20-11-12-21(24-16-18-9-5-2-6-10-18)19(13-20)15-23-14-17-7-3-1-4-8-17;/h1-13,23H,14-16H2;1H. The number of nitrogens with one attached hydrogen (secondary N) is 1. The second-order valence-electron chi connectivity index (χ2n) is 5.62. The minimum Gasteiger partial charge on any atom is -0.489 e. The minimum absolute atomic E-state index is 0. The van der Waals surface area contributed by atoms with E-state index in [1.54, 1.807) is 0 Å². The fourth-order valence-electron chi connectivity index (χ4n) is 2.50. The van der Waals surface area contributed by atoms with Gasteiger partial charge in [-0.2, -0.15) is 0 Å². The highest BCUT2D eigenvalue weighted by molar-refractivity contribution is 9.10. The molecule has 0 aromatic heterocycles. The van der Waals surface area contributed by atoms with Crippen LogP contribution in [0.5, 0.6) is 5.75 Å². The number of halogens is 2. The van der Waals surface area contributed by atoms with Crippen molar-refractivity contribution in [1.29, 1.82) is 0 Å². The minimum atomic E-state index is 0. The maximum absolute atomic E-state index is 6.02. The Morgan fingerprint density at radius 2 is 1.40 bits per heavy atom. The van der Waals surface area contributed by atoms with Crippen LogP contribution in [-0.2, 0) is 19.7 Å². The van der Waals surface area contributed by atoms with Crippen molar-refractivity contribution in [3.63, 3.8) is 0 Å². The van der Waals surface area contributed by atoms with Gasteiger partial charge in [0, 0.05) is 23.1 Å². The van der Waals surface area contributed by atoms with Crippen LogP contribution in [0.15, 0.2) is 83.3 Å². The monoisotopic (exact) mass is 417 g/mol. The van der Waals surface area contributed by atoms with E-state index >= 15 is 0 Å². The van der Waals surface area contributed by atoms with Gasteiger partial charge in [-0.25, -0.2) is 0 Å². The Morgan fingerprint density at radius 1 is 0.760 bits per heavy atom. The topological polar surface area (TPSA) is 21.3 Å². The summed E-state index contributed by atoms with van der Waals surface area (Å²) < 4.78 is 7.08. The molecule has 0 atom stereocenters. The molecule has 4 heteroatoms. The van der Waals surface area contributed by atoms with Crippen LogP contribution in [-0.4, -0.2) is 0 Å². The van der Waals surface area contributed by atoms with E-state index in [1.807, 2.05) is 36.4 Å². The van der Waals surface area contributed by atoms with Crippen molar-refractivity contribution in [2.24, 2.45) is 0 Å². The highest BCUT2D eigenvalue weighted by Crippen LogP contribution is 2.24. The Balaban J connectivity index is 0.00000225. The fourth-order valence-corrected chi connectivity index (χ4v) is 2.91. The van der Waals surface area contributed by atoms with E-state index in [-0.39, 0.29) is 12.4 Å². The maximum Gasteiger partial charge on any atom is 0.124 e. The molecule has 0 aliphatic heterocycles. The Kier molecular flexibility index (Phi) is 7.99. The molecule has 3 aromatic rings. The summed E-state index contributed by atoms with van der Waals surface area (Å²) in [4.78, 5) is 0. The first-order valence-electron chi connectivity index (χ1n) is 8.01. The Bertz CT molecular complexity index is 765.